The molecule has 2 nitrogen and oxygen atoms in total. The van der Waals surface area contributed by atoms with Crippen LogP contribution in [-0.2, 0) is 4.74 Å². The molecule has 0 N–H and O–H groups in total. The number of piperidine rings is 1. The molecule has 1 aliphatic heterocycles. The van der Waals surface area contributed by atoms with Crippen LogP contribution in [0.25, 0.3) is 0 Å². The summed E-state index contributed by atoms with van der Waals surface area (Å²) in [7, 11) is 1.84. The van der Waals surface area contributed by atoms with Crippen molar-refractivity contribution in [1.82, 2.24) is 4.90 Å². The van der Waals surface area contributed by atoms with Gasteiger partial charge in [0.15, 0.2) is 0 Å². The van der Waals surface area contributed by atoms with E-state index in [0.29, 0.717) is 0 Å². The third-order valence-corrected chi connectivity index (χ3v) is 5.26. The van der Waals surface area contributed by atoms with E-state index in [1.54, 1.807) is 0 Å². The normalized spacial score (nSPS) is 48.0. The first-order valence-corrected chi connectivity index (χ1v) is 7.02. The molecular weight excluding hydrogens is 198 g/mol. The van der Waals surface area contributed by atoms with Gasteiger partial charge in [-0.25, -0.2) is 0 Å². The van der Waals surface area contributed by atoms with E-state index in [-0.39, 0.29) is 0 Å². The van der Waals surface area contributed by atoms with E-state index in [1.807, 2.05) is 7.11 Å². The Hall–Kier alpha value is -0.0800. The lowest BCUT2D eigenvalue weighted by atomic mass is 9.86. The number of ether oxygens (including phenoxy) is 1. The highest BCUT2D eigenvalue weighted by molar-refractivity contribution is 5.06. The van der Waals surface area contributed by atoms with Crippen LogP contribution in [0.4, 0.5) is 0 Å². The minimum absolute atomic E-state index is 0.906. The minimum atomic E-state index is 0.906. The van der Waals surface area contributed by atoms with Crippen LogP contribution in [0.1, 0.15) is 32.6 Å². The molecule has 92 valence electrons. The molecule has 0 bridgehead atoms. The number of fused-ring (bicyclic) bond motifs is 1. The molecule has 0 amide bonds. The van der Waals surface area contributed by atoms with Crippen molar-refractivity contribution < 1.29 is 4.74 Å². The van der Waals surface area contributed by atoms with E-state index in [0.717, 1.165) is 36.3 Å². The summed E-state index contributed by atoms with van der Waals surface area (Å²) in [4.78, 5) is 2.79. The van der Waals surface area contributed by atoms with Gasteiger partial charge in [-0.3, -0.25) is 4.90 Å². The average Bonchev–Trinajstić information content (AvgIpc) is 2.76. The van der Waals surface area contributed by atoms with Gasteiger partial charge in [-0.05, 0) is 49.4 Å². The van der Waals surface area contributed by atoms with Crippen molar-refractivity contribution >= 4 is 0 Å². The molecule has 3 atom stereocenters. The van der Waals surface area contributed by atoms with Gasteiger partial charge >= 0.3 is 0 Å². The summed E-state index contributed by atoms with van der Waals surface area (Å²) < 4.78 is 5.28. The van der Waals surface area contributed by atoms with Gasteiger partial charge in [-0.2, -0.15) is 0 Å². The molecule has 2 aliphatic carbocycles. The lowest BCUT2D eigenvalue weighted by Gasteiger charge is -2.34. The van der Waals surface area contributed by atoms with Gasteiger partial charge in [0.1, 0.15) is 0 Å². The summed E-state index contributed by atoms with van der Waals surface area (Å²) in [5.41, 5.74) is 0. The molecular formula is C14H25NO. The van der Waals surface area contributed by atoms with E-state index < -0.39 is 0 Å². The maximum absolute atomic E-state index is 5.28. The monoisotopic (exact) mass is 223 g/mol. The molecule has 1 saturated heterocycles. The fourth-order valence-electron chi connectivity index (χ4n) is 4.03. The fourth-order valence-corrected chi connectivity index (χ4v) is 4.03. The Balaban J connectivity index is 1.46. The first kappa shape index (κ1) is 11.0. The van der Waals surface area contributed by atoms with Crippen molar-refractivity contribution in [1.29, 1.82) is 0 Å². The Morgan fingerprint density at radius 1 is 1.06 bits per heavy atom. The molecule has 0 unspecified atom stereocenters. The van der Waals surface area contributed by atoms with Gasteiger partial charge in [0, 0.05) is 32.8 Å². The summed E-state index contributed by atoms with van der Waals surface area (Å²) >= 11 is 0. The molecule has 0 spiro atoms. The van der Waals surface area contributed by atoms with Crippen LogP contribution in [-0.4, -0.2) is 37.7 Å². The fraction of sp³-hybridized carbons (Fsp3) is 1.00. The van der Waals surface area contributed by atoms with Crippen LogP contribution in [0.5, 0.6) is 0 Å². The summed E-state index contributed by atoms with van der Waals surface area (Å²) in [5, 5.41) is 0. The molecule has 0 aromatic rings. The second-order valence-corrected chi connectivity index (χ2v) is 6.31. The third kappa shape index (κ3) is 1.91. The first-order valence-electron chi connectivity index (χ1n) is 7.02. The van der Waals surface area contributed by atoms with Gasteiger partial charge in [0.2, 0.25) is 0 Å². The van der Waals surface area contributed by atoms with E-state index in [4.69, 9.17) is 4.74 Å². The number of rotatable bonds is 3. The molecule has 0 aromatic carbocycles. The zero-order valence-electron chi connectivity index (χ0n) is 10.7. The highest BCUT2D eigenvalue weighted by Crippen LogP contribution is 2.52. The molecule has 3 rings (SSSR count). The smallest absolute Gasteiger partial charge is 0.0496 e. The van der Waals surface area contributed by atoms with Gasteiger partial charge in [0.05, 0.1) is 0 Å². The predicted molar refractivity (Wildman–Crippen MR) is 65.3 cm³/mol. The van der Waals surface area contributed by atoms with Gasteiger partial charge in [-0.1, -0.05) is 6.92 Å². The van der Waals surface area contributed by atoms with Crippen LogP contribution in [0.3, 0.4) is 0 Å². The maximum atomic E-state index is 5.28. The first-order chi connectivity index (χ1) is 7.79. The van der Waals surface area contributed by atoms with Crippen molar-refractivity contribution in [3.63, 3.8) is 0 Å². The van der Waals surface area contributed by atoms with E-state index >= 15 is 0 Å². The second-order valence-electron chi connectivity index (χ2n) is 6.31. The van der Waals surface area contributed by atoms with E-state index in [2.05, 4.69) is 11.8 Å². The Morgan fingerprint density at radius 3 is 2.25 bits per heavy atom. The van der Waals surface area contributed by atoms with Crippen LogP contribution in [0.2, 0.25) is 0 Å². The minimum Gasteiger partial charge on any atom is -0.384 e. The molecule has 2 saturated carbocycles. The van der Waals surface area contributed by atoms with E-state index in [9.17, 15) is 0 Å². The number of nitrogens with zero attached hydrogens (tertiary/aromatic N) is 1. The van der Waals surface area contributed by atoms with E-state index in [1.165, 1.54) is 38.8 Å². The molecule has 16 heavy (non-hydrogen) atoms. The quantitative estimate of drug-likeness (QED) is 0.728. The van der Waals surface area contributed by atoms with Crippen LogP contribution >= 0.6 is 0 Å². The highest BCUT2D eigenvalue weighted by atomic mass is 16.5. The van der Waals surface area contributed by atoms with Gasteiger partial charge in [0.25, 0.3) is 0 Å². The van der Waals surface area contributed by atoms with Crippen LogP contribution in [0, 0.1) is 23.7 Å². The SMILES string of the molecule is COC[C@@H]1[C@H]2CN(C3CCC(C)CC3)C[C@@H]12. The van der Waals surface area contributed by atoms with Crippen LogP contribution in [0.15, 0.2) is 0 Å². The largest absolute Gasteiger partial charge is 0.384 e. The average molecular weight is 223 g/mol. The van der Waals surface area contributed by atoms with Crippen molar-refractivity contribution in [2.45, 2.75) is 38.6 Å². The Morgan fingerprint density at radius 2 is 1.69 bits per heavy atom. The second kappa shape index (κ2) is 4.30. The lowest BCUT2D eigenvalue weighted by molar-refractivity contribution is 0.125. The number of methoxy groups -OCH3 is 1. The zero-order chi connectivity index (χ0) is 11.1. The van der Waals surface area contributed by atoms with Crippen LogP contribution < -0.4 is 0 Å². The van der Waals surface area contributed by atoms with Gasteiger partial charge in [-0.15, -0.1) is 0 Å². The summed E-state index contributed by atoms with van der Waals surface area (Å²) in [6, 6.07) is 0.923. The highest BCUT2D eigenvalue weighted by Gasteiger charge is 2.56. The Kier molecular flexibility index (Phi) is 2.97. The molecule has 2 heteroatoms. The lowest BCUT2D eigenvalue weighted by Crippen LogP contribution is -2.38. The third-order valence-electron chi connectivity index (χ3n) is 5.26. The number of likely N-dealkylation sites (tertiary alicyclic amines) is 1. The molecule has 0 aromatic heterocycles. The number of hydrogen-bond acceptors (Lipinski definition) is 2. The zero-order valence-corrected chi connectivity index (χ0v) is 10.7. The molecule has 3 aliphatic rings. The summed E-state index contributed by atoms with van der Waals surface area (Å²) in [6.07, 6.45) is 5.82. The standard InChI is InChI=1S/C14H25NO/c1-10-3-5-11(6-4-10)15-7-12-13(8-15)14(12)9-16-2/h10-14H,3-9H2,1-2H3/t10?,11?,12-,13+,14+. The topological polar surface area (TPSA) is 12.5 Å². The summed E-state index contributed by atoms with van der Waals surface area (Å²) in [5.74, 6) is 3.86. The molecule has 0 radical (unpaired) electrons. The Labute approximate surface area is 99.3 Å². The Bertz CT molecular complexity index is 235. The van der Waals surface area contributed by atoms with Crippen molar-refractivity contribution in [3.8, 4) is 0 Å². The van der Waals surface area contributed by atoms with Gasteiger partial charge < -0.3 is 4.74 Å². The maximum Gasteiger partial charge on any atom is 0.0496 e. The van der Waals surface area contributed by atoms with Crippen molar-refractivity contribution in [2.75, 3.05) is 26.8 Å². The molecule has 3 fully saturated rings. The predicted octanol–water partition coefficient (Wildman–Crippen LogP) is 2.39. The molecule has 1 heterocycles. The van der Waals surface area contributed by atoms with Crippen molar-refractivity contribution in [3.05, 3.63) is 0 Å². The number of hydrogen-bond donors (Lipinski definition) is 0. The summed E-state index contributed by atoms with van der Waals surface area (Å²) in [6.45, 7) is 6.16. The van der Waals surface area contributed by atoms with Crippen molar-refractivity contribution in [2.24, 2.45) is 23.7 Å².